The van der Waals surface area contributed by atoms with Gasteiger partial charge in [-0.05, 0) is 45.4 Å². The Morgan fingerprint density at radius 1 is 1.08 bits per heavy atom. The molecule has 3 aliphatic rings. The van der Waals surface area contributed by atoms with E-state index in [2.05, 4.69) is 0 Å². The van der Waals surface area contributed by atoms with Gasteiger partial charge in [0.2, 0.25) is 12.3 Å². The highest BCUT2D eigenvalue weighted by atomic mass is 16.6. The van der Waals surface area contributed by atoms with Crippen LogP contribution in [0.2, 0.25) is 0 Å². The molecule has 3 fully saturated rings. The second kappa shape index (κ2) is 7.72. The predicted octanol–water partition coefficient (Wildman–Crippen LogP) is 0.585. The minimum absolute atomic E-state index is 0.0587. The van der Waals surface area contributed by atoms with Gasteiger partial charge < -0.3 is 25.0 Å². The van der Waals surface area contributed by atoms with Crippen molar-refractivity contribution in [3.8, 4) is 0 Å². The van der Waals surface area contributed by atoms with Crippen LogP contribution >= 0.6 is 0 Å². The molecular formula is C19H34N2O5. The van der Waals surface area contributed by atoms with E-state index in [-0.39, 0.29) is 17.7 Å². The molecule has 0 radical (unpaired) electrons. The number of ether oxygens (including phenoxy) is 1. The molecule has 26 heavy (non-hydrogen) atoms. The number of piperazine rings is 1. The molecule has 0 bridgehead atoms. The monoisotopic (exact) mass is 370 g/mol. The topological polar surface area (TPSA) is 93.5 Å². The lowest BCUT2D eigenvalue weighted by Crippen LogP contribution is -2.55. The SMILES string of the molecule is CC(C)(C)OC(O)N1CCN(C(=O)C2C(C(O)O)CC3CCC[C@H]32)CC1. The largest absolute Gasteiger partial charge is 0.368 e. The minimum atomic E-state index is -1.42. The first-order valence-corrected chi connectivity index (χ1v) is 9.92. The maximum absolute atomic E-state index is 13.2. The zero-order valence-electron chi connectivity index (χ0n) is 16.2. The average Bonchev–Trinajstić information content (AvgIpc) is 3.13. The summed E-state index contributed by atoms with van der Waals surface area (Å²) < 4.78 is 5.59. The zero-order chi connectivity index (χ0) is 19.1. The van der Waals surface area contributed by atoms with Gasteiger partial charge in [0.1, 0.15) is 0 Å². The summed E-state index contributed by atoms with van der Waals surface area (Å²) in [6.07, 6.45) is 1.61. The number of hydrogen-bond acceptors (Lipinski definition) is 6. The molecule has 2 saturated carbocycles. The minimum Gasteiger partial charge on any atom is -0.368 e. The maximum Gasteiger partial charge on any atom is 0.226 e. The van der Waals surface area contributed by atoms with Crippen molar-refractivity contribution in [2.45, 2.75) is 64.8 Å². The highest BCUT2D eigenvalue weighted by molar-refractivity contribution is 5.80. The first-order chi connectivity index (χ1) is 12.2. The summed E-state index contributed by atoms with van der Waals surface area (Å²) in [5, 5.41) is 29.8. The van der Waals surface area contributed by atoms with E-state index >= 15 is 0 Å². The number of fused-ring (bicyclic) bond motifs is 1. The van der Waals surface area contributed by atoms with Crippen LogP contribution in [-0.2, 0) is 9.53 Å². The number of aliphatic hydroxyl groups excluding tert-OH is 2. The lowest BCUT2D eigenvalue weighted by Gasteiger charge is -2.40. The molecule has 1 saturated heterocycles. The molecule has 3 rings (SSSR count). The standard InChI is InChI=1S/C19H34N2O5/c1-19(2,3)26-18(25)21-9-7-20(8-10-21)16(22)15-13-6-4-5-12(13)11-14(15)17(23)24/h12-15,17-18,23-25H,4-11H2,1-3H3/t12?,13-,14?,15?,18?/m1/s1. The van der Waals surface area contributed by atoms with Crippen LogP contribution < -0.4 is 0 Å². The molecule has 0 aromatic rings. The molecule has 7 heteroatoms. The fourth-order valence-corrected chi connectivity index (χ4v) is 5.08. The van der Waals surface area contributed by atoms with Gasteiger partial charge in [-0.1, -0.05) is 12.8 Å². The smallest absolute Gasteiger partial charge is 0.226 e. The Morgan fingerprint density at radius 2 is 1.73 bits per heavy atom. The molecule has 1 amide bonds. The van der Waals surface area contributed by atoms with Crippen LogP contribution in [0.3, 0.4) is 0 Å². The number of nitrogens with zero attached hydrogens (tertiary/aromatic N) is 2. The normalized spacial score (nSPS) is 34.3. The zero-order valence-corrected chi connectivity index (χ0v) is 16.2. The summed E-state index contributed by atoms with van der Waals surface area (Å²) in [6.45, 7) is 7.86. The van der Waals surface area contributed by atoms with Crippen molar-refractivity contribution in [3.63, 3.8) is 0 Å². The van der Waals surface area contributed by atoms with Crippen LogP contribution in [0.15, 0.2) is 0 Å². The van der Waals surface area contributed by atoms with Gasteiger partial charge in [-0.15, -0.1) is 0 Å². The van der Waals surface area contributed by atoms with E-state index < -0.39 is 18.3 Å². The van der Waals surface area contributed by atoms with Gasteiger partial charge >= 0.3 is 0 Å². The summed E-state index contributed by atoms with van der Waals surface area (Å²) in [5.41, 5.74) is -0.432. The Balaban J connectivity index is 1.59. The summed E-state index contributed by atoms with van der Waals surface area (Å²) >= 11 is 0. The Morgan fingerprint density at radius 3 is 2.31 bits per heavy atom. The summed E-state index contributed by atoms with van der Waals surface area (Å²) in [7, 11) is 0. The van der Waals surface area contributed by atoms with E-state index in [1.807, 2.05) is 30.6 Å². The molecule has 3 N–H and O–H groups in total. The second-order valence-electron chi connectivity index (χ2n) is 9.11. The number of amides is 1. The first kappa shape index (κ1) is 20.0. The van der Waals surface area contributed by atoms with Gasteiger partial charge in [-0.3, -0.25) is 9.69 Å². The highest BCUT2D eigenvalue weighted by Gasteiger charge is 2.51. The van der Waals surface area contributed by atoms with Crippen molar-refractivity contribution in [1.29, 1.82) is 0 Å². The van der Waals surface area contributed by atoms with Gasteiger partial charge in [-0.25, -0.2) is 0 Å². The highest BCUT2D eigenvalue weighted by Crippen LogP contribution is 2.52. The van der Waals surface area contributed by atoms with E-state index in [0.29, 0.717) is 38.0 Å². The van der Waals surface area contributed by atoms with Crippen molar-refractivity contribution in [2.24, 2.45) is 23.7 Å². The van der Waals surface area contributed by atoms with Gasteiger partial charge in [0.05, 0.1) is 5.60 Å². The summed E-state index contributed by atoms with van der Waals surface area (Å²) in [4.78, 5) is 16.8. The predicted molar refractivity (Wildman–Crippen MR) is 95.7 cm³/mol. The Hall–Kier alpha value is -0.730. The van der Waals surface area contributed by atoms with E-state index in [9.17, 15) is 20.1 Å². The van der Waals surface area contributed by atoms with E-state index in [1.165, 1.54) is 0 Å². The number of carbonyl (C=O) groups excluding carboxylic acids is 1. The fourth-order valence-electron chi connectivity index (χ4n) is 5.08. The van der Waals surface area contributed by atoms with Crippen molar-refractivity contribution in [1.82, 2.24) is 9.80 Å². The molecular weight excluding hydrogens is 336 g/mol. The third kappa shape index (κ3) is 4.22. The van der Waals surface area contributed by atoms with Crippen molar-refractivity contribution in [2.75, 3.05) is 26.2 Å². The number of aliphatic hydroxyl groups is 3. The number of rotatable bonds is 4. The van der Waals surface area contributed by atoms with Gasteiger partial charge in [0.15, 0.2) is 6.29 Å². The van der Waals surface area contributed by atoms with Crippen LogP contribution in [0.1, 0.15) is 46.5 Å². The molecule has 0 aromatic heterocycles. The van der Waals surface area contributed by atoms with Gasteiger partial charge in [-0.2, -0.15) is 0 Å². The summed E-state index contributed by atoms with van der Waals surface area (Å²) in [5.74, 6) is 0.194. The Bertz CT molecular complexity index is 499. The fraction of sp³-hybridized carbons (Fsp3) is 0.947. The second-order valence-corrected chi connectivity index (χ2v) is 9.11. The average molecular weight is 370 g/mol. The van der Waals surface area contributed by atoms with E-state index in [4.69, 9.17) is 4.74 Å². The third-order valence-corrected chi connectivity index (χ3v) is 6.28. The van der Waals surface area contributed by atoms with Crippen LogP contribution in [0.5, 0.6) is 0 Å². The maximum atomic E-state index is 13.2. The third-order valence-electron chi connectivity index (χ3n) is 6.28. The first-order valence-electron chi connectivity index (χ1n) is 9.92. The van der Waals surface area contributed by atoms with E-state index in [0.717, 1.165) is 25.7 Å². The molecule has 0 spiro atoms. The van der Waals surface area contributed by atoms with Crippen LogP contribution in [0.4, 0.5) is 0 Å². The van der Waals surface area contributed by atoms with Crippen LogP contribution in [-0.4, -0.2) is 75.5 Å². The molecule has 4 unspecified atom stereocenters. The molecule has 2 aliphatic carbocycles. The molecule has 5 atom stereocenters. The van der Waals surface area contributed by atoms with Gasteiger partial charge in [0.25, 0.3) is 0 Å². The van der Waals surface area contributed by atoms with Crippen LogP contribution in [0.25, 0.3) is 0 Å². The molecule has 1 aliphatic heterocycles. The summed E-state index contributed by atoms with van der Waals surface area (Å²) in [6, 6.07) is 0. The van der Waals surface area contributed by atoms with Crippen molar-refractivity contribution >= 4 is 5.91 Å². The Labute approximate surface area is 155 Å². The molecule has 150 valence electrons. The number of carbonyl (C=O) groups is 1. The van der Waals surface area contributed by atoms with E-state index in [1.54, 1.807) is 0 Å². The van der Waals surface area contributed by atoms with Crippen LogP contribution in [0, 0.1) is 23.7 Å². The molecule has 1 heterocycles. The number of hydrogen-bond donors (Lipinski definition) is 3. The lowest BCUT2D eigenvalue weighted by atomic mass is 9.86. The molecule has 7 nitrogen and oxygen atoms in total. The lowest BCUT2D eigenvalue weighted by molar-refractivity contribution is -0.244. The van der Waals surface area contributed by atoms with Crippen molar-refractivity contribution < 1.29 is 24.9 Å². The molecule has 0 aromatic carbocycles. The Kier molecular flexibility index (Phi) is 5.94. The quantitative estimate of drug-likeness (QED) is 0.627. The van der Waals surface area contributed by atoms with Gasteiger partial charge in [0, 0.05) is 38.0 Å². The van der Waals surface area contributed by atoms with Crippen molar-refractivity contribution in [3.05, 3.63) is 0 Å².